The number of fused-ring (bicyclic) bond motifs is 1. The third-order valence-corrected chi connectivity index (χ3v) is 5.46. The molecule has 0 saturated heterocycles. The minimum absolute atomic E-state index is 0.151. The summed E-state index contributed by atoms with van der Waals surface area (Å²) in [4.78, 5) is 4.69. The first-order valence-corrected chi connectivity index (χ1v) is 10.1. The van der Waals surface area contributed by atoms with Crippen LogP contribution in [0.15, 0.2) is 65.6 Å². The molecular weight excluding hydrogens is 419 g/mol. The molecule has 4 aromatic rings. The smallest absolute Gasteiger partial charge is 0.129 e. The zero-order valence-electron chi connectivity index (χ0n) is 14.6. The molecule has 0 fully saturated rings. The molecule has 0 N–H and O–H groups in total. The minimum atomic E-state index is -2.33. The lowest BCUT2D eigenvalue weighted by Crippen LogP contribution is -1.99. The Morgan fingerprint density at radius 2 is 1.75 bits per heavy atom. The number of aryl methyl sites for hydroxylation is 1. The normalized spacial score (nSPS) is 12.3. The molecule has 0 spiro atoms. The van der Waals surface area contributed by atoms with Crippen molar-refractivity contribution in [3.63, 3.8) is 0 Å². The van der Waals surface area contributed by atoms with Crippen LogP contribution in [0.25, 0.3) is 16.7 Å². The first-order chi connectivity index (χ1) is 13.4. The first-order valence-electron chi connectivity index (χ1n) is 8.25. The second kappa shape index (κ2) is 7.56. The molecule has 8 heteroatoms. The van der Waals surface area contributed by atoms with Crippen molar-refractivity contribution in [1.29, 1.82) is 0 Å². The standard InChI is InChI=1S/C20H14Cl2N2O3S/c1-12-23-20-17(22)6-3-7-18(20)24(12)19-11-14(8-9-16(19)21)27-13-4-2-5-15(10-13)28(25)26/h2-11H,1H3,(H,25,26)/p-1. The van der Waals surface area contributed by atoms with Crippen LogP contribution in [-0.2, 0) is 11.1 Å². The summed E-state index contributed by atoms with van der Waals surface area (Å²) in [6.45, 7) is 1.87. The third kappa shape index (κ3) is 3.52. The van der Waals surface area contributed by atoms with Gasteiger partial charge in [0, 0.05) is 11.0 Å². The monoisotopic (exact) mass is 431 g/mol. The summed E-state index contributed by atoms with van der Waals surface area (Å²) in [7, 11) is 0. The van der Waals surface area contributed by atoms with Crippen LogP contribution in [0.5, 0.6) is 11.5 Å². The molecule has 0 aliphatic heterocycles. The summed E-state index contributed by atoms with van der Waals surface area (Å²) in [6.07, 6.45) is 0. The van der Waals surface area contributed by atoms with Gasteiger partial charge in [0.05, 0.1) is 21.2 Å². The zero-order valence-corrected chi connectivity index (χ0v) is 16.9. The fourth-order valence-corrected chi connectivity index (χ4v) is 3.81. The summed E-state index contributed by atoms with van der Waals surface area (Å²) < 4.78 is 30.1. The number of nitrogens with zero attached hydrogens (tertiary/aromatic N) is 2. The Labute approximate surface area is 173 Å². The van der Waals surface area contributed by atoms with Crippen molar-refractivity contribution in [2.24, 2.45) is 0 Å². The number of rotatable bonds is 4. The molecule has 1 unspecified atom stereocenters. The number of para-hydroxylation sites is 1. The largest absolute Gasteiger partial charge is 0.768 e. The predicted molar refractivity (Wildman–Crippen MR) is 110 cm³/mol. The summed E-state index contributed by atoms with van der Waals surface area (Å²) in [5, 5.41) is 1.08. The second-order valence-electron chi connectivity index (χ2n) is 6.03. The molecule has 0 aliphatic rings. The van der Waals surface area contributed by atoms with E-state index in [1.165, 1.54) is 12.1 Å². The second-order valence-corrected chi connectivity index (χ2v) is 7.78. The molecule has 0 amide bonds. The molecule has 1 heterocycles. The van der Waals surface area contributed by atoms with Gasteiger partial charge in [-0.1, -0.05) is 35.3 Å². The van der Waals surface area contributed by atoms with E-state index in [2.05, 4.69) is 4.98 Å². The van der Waals surface area contributed by atoms with E-state index in [1.807, 2.05) is 23.6 Å². The summed E-state index contributed by atoms with van der Waals surface area (Å²) >= 11 is 10.4. The molecule has 28 heavy (non-hydrogen) atoms. The van der Waals surface area contributed by atoms with Gasteiger partial charge < -0.3 is 9.29 Å². The Morgan fingerprint density at radius 1 is 1.00 bits per heavy atom. The van der Waals surface area contributed by atoms with Crippen molar-refractivity contribution in [3.8, 4) is 17.2 Å². The van der Waals surface area contributed by atoms with Crippen LogP contribution < -0.4 is 4.74 Å². The molecule has 142 valence electrons. The van der Waals surface area contributed by atoms with E-state index in [0.29, 0.717) is 32.7 Å². The van der Waals surface area contributed by atoms with Crippen molar-refractivity contribution in [2.75, 3.05) is 0 Å². The Hall–Kier alpha value is -2.38. The highest BCUT2D eigenvalue weighted by Gasteiger charge is 2.15. The van der Waals surface area contributed by atoms with Crippen molar-refractivity contribution >= 4 is 45.3 Å². The van der Waals surface area contributed by atoms with E-state index < -0.39 is 11.1 Å². The number of aromatic nitrogens is 2. The van der Waals surface area contributed by atoms with Gasteiger partial charge in [0.2, 0.25) is 0 Å². The maximum Gasteiger partial charge on any atom is 0.129 e. The quantitative estimate of drug-likeness (QED) is 0.390. The maximum absolute atomic E-state index is 11.2. The molecule has 3 aromatic carbocycles. The molecule has 0 radical (unpaired) electrons. The van der Waals surface area contributed by atoms with E-state index >= 15 is 0 Å². The molecule has 1 aromatic heterocycles. The van der Waals surface area contributed by atoms with Gasteiger partial charge in [-0.05, 0) is 60.5 Å². The van der Waals surface area contributed by atoms with Crippen molar-refractivity contribution in [1.82, 2.24) is 9.55 Å². The molecule has 4 rings (SSSR count). The lowest BCUT2D eigenvalue weighted by molar-refractivity contribution is 0.479. The van der Waals surface area contributed by atoms with Gasteiger partial charge in [0.1, 0.15) is 22.8 Å². The van der Waals surface area contributed by atoms with E-state index in [4.69, 9.17) is 27.9 Å². The Kier molecular flexibility index (Phi) is 5.12. The lowest BCUT2D eigenvalue weighted by Gasteiger charge is -2.13. The fraction of sp³-hybridized carbons (Fsp3) is 0.0500. The van der Waals surface area contributed by atoms with Gasteiger partial charge in [0.25, 0.3) is 0 Å². The highest BCUT2D eigenvalue weighted by molar-refractivity contribution is 7.79. The van der Waals surface area contributed by atoms with Gasteiger partial charge in [0.15, 0.2) is 0 Å². The number of hydrogen-bond donors (Lipinski definition) is 0. The molecule has 1 atom stereocenters. The highest BCUT2D eigenvalue weighted by Crippen LogP contribution is 2.33. The average Bonchev–Trinajstić information content (AvgIpc) is 3.01. The van der Waals surface area contributed by atoms with E-state index in [-0.39, 0.29) is 4.90 Å². The van der Waals surface area contributed by atoms with E-state index in [0.717, 1.165) is 11.3 Å². The van der Waals surface area contributed by atoms with Crippen LogP contribution in [0.3, 0.4) is 0 Å². The molecule has 0 bridgehead atoms. The molecular formula is C20H13Cl2N2O3S-. The van der Waals surface area contributed by atoms with E-state index in [1.54, 1.807) is 36.4 Å². The Morgan fingerprint density at radius 3 is 2.54 bits per heavy atom. The van der Waals surface area contributed by atoms with Crippen LogP contribution >= 0.6 is 23.2 Å². The van der Waals surface area contributed by atoms with Crippen molar-refractivity contribution < 1.29 is 13.5 Å². The number of ether oxygens (including phenoxy) is 1. The fourth-order valence-electron chi connectivity index (χ4n) is 2.99. The van der Waals surface area contributed by atoms with Gasteiger partial charge in [-0.3, -0.25) is 8.78 Å². The molecule has 5 nitrogen and oxygen atoms in total. The summed E-state index contributed by atoms with van der Waals surface area (Å²) in [5.74, 6) is 1.65. The van der Waals surface area contributed by atoms with Crippen LogP contribution in [0.2, 0.25) is 10.0 Å². The minimum Gasteiger partial charge on any atom is -0.768 e. The average molecular weight is 432 g/mol. The number of benzene rings is 3. The summed E-state index contributed by atoms with van der Waals surface area (Å²) in [5.41, 5.74) is 2.20. The number of halogens is 2. The zero-order chi connectivity index (χ0) is 19.8. The molecule has 0 saturated carbocycles. The van der Waals surface area contributed by atoms with Crippen molar-refractivity contribution in [3.05, 3.63) is 76.5 Å². The van der Waals surface area contributed by atoms with Gasteiger partial charge in [-0.25, -0.2) is 4.98 Å². The lowest BCUT2D eigenvalue weighted by atomic mass is 10.2. The number of imidazole rings is 1. The van der Waals surface area contributed by atoms with Gasteiger partial charge in [-0.2, -0.15) is 0 Å². The van der Waals surface area contributed by atoms with Crippen LogP contribution in [-0.4, -0.2) is 18.3 Å². The Balaban J connectivity index is 1.79. The van der Waals surface area contributed by atoms with Gasteiger partial charge >= 0.3 is 0 Å². The van der Waals surface area contributed by atoms with E-state index in [9.17, 15) is 8.76 Å². The highest BCUT2D eigenvalue weighted by atomic mass is 35.5. The van der Waals surface area contributed by atoms with Crippen LogP contribution in [0, 0.1) is 6.92 Å². The number of hydrogen-bond acceptors (Lipinski definition) is 4. The first kappa shape index (κ1) is 19.0. The van der Waals surface area contributed by atoms with Crippen molar-refractivity contribution in [2.45, 2.75) is 11.8 Å². The predicted octanol–water partition coefficient (Wildman–Crippen LogP) is 5.67. The summed E-state index contributed by atoms with van der Waals surface area (Å²) in [6, 6.07) is 17.0. The Bertz CT molecular complexity index is 1220. The third-order valence-electron chi connectivity index (χ3n) is 4.20. The van der Waals surface area contributed by atoms with Crippen LogP contribution in [0.4, 0.5) is 0 Å². The maximum atomic E-state index is 11.2. The molecule has 0 aliphatic carbocycles. The topological polar surface area (TPSA) is 67.2 Å². The van der Waals surface area contributed by atoms with Crippen LogP contribution in [0.1, 0.15) is 5.82 Å². The SMILES string of the molecule is Cc1nc2c(Cl)cccc2n1-c1cc(Oc2cccc(S(=O)[O-])c2)ccc1Cl. The van der Waals surface area contributed by atoms with Gasteiger partial charge in [-0.15, -0.1) is 0 Å².